The van der Waals surface area contributed by atoms with Crippen LogP contribution in [0.25, 0.3) is 0 Å². The standard InChI is InChI=1S/C4H7ClO2/c1-4(2,5)7-3-6/h3H,1-2H3. The van der Waals surface area contributed by atoms with E-state index in [0.717, 1.165) is 0 Å². The molecule has 42 valence electrons. The van der Waals surface area contributed by atoms with Gasteiger partial charge in [0.2, 0.25) is 0 Å². The molecule has 0 aliphatic rings. The van der Waals surface area contributed by atoms with Crippen LogP contribution >= 0.6 is 11.6 Å². The van der Waals surface area contributed by atoms with Gasteiger partial charge in [-0.05, 0) is 13.8 Å². The van der Waals surface area contributed by atoms with Gasteiger partial charge in [-0.15, -0.1) is 0 Å². The molecule has 0 amide bonds. The van der Waals surface area contributed by atoms with E-state index in [1.54, 1.807) is 13.8 Å². The molecule has 2 nitrogen and oxygen atoms in total. The second kappa shape index (κ2) is 2.17. The topological polar surface area (TPSA) is 26.3 Å². The van der Waals surface area contributed by atoms with Gasteiger partial charge in [0.15, 0.2) is 5.06 Å². The van der Waals surface area contributed by atoms with Crippen LogP contribution in [-0.2, 0) is 9.53 Å². The molecule has 0 bridgehead atoms. The van der Waals surface area contributed by atoms with Crippen molar-refractivity contribution in [1.29, 1.82) is 0 Å². The van der Waals surface area contributed by atoms with Crippen molar-refractivity contribution >= 4 is 18.1 Å². The number of ether oxygens (including phenoxy) is 1. The minimum atomic E-state index is -0.845. The zero-order valence-electron chi connectivity index (χ0n) is 4.27. The largest absolute Gasteiger partial charge is 0.446 e. The van der Waals surface area contributed by atoms with Gasteiger partial charge >= 0.3 is 0 Å². The van der Waals surface area contributed by atoms with E-state index in [0.29, 0.717) is 6.47 Å². The Labute approximate surface area is 47.4 Å². The predicted molar refractivity (Wildman–Crippen MR) is 27.1 cm³/mol. The molecule has 0 unspecified atom stereocenters. The molecular formula is C4H7ClO2. The van der Waals surface area contributed by atoms with Crippen LogP contribution in [0, 0.1) is 0 Å². The number of carbonyl (C=O) groups is 1. The molecule has 0 aromatic rings. The molecule has 0 aromatic heterocycles. The van der Waals surface area contributed by atoms with Crippen molar-refractivity contribution in [3.63, 3.8) is 0 Å². The first-order valence-corrected chi connectivity index (χ1v) is 2.24. The maximum Gasteiger partial charge on any atom is 0.294 e. The highest BCUT2D eigenvalue weighted by atomic mass is 35.5. The fourth-order valence-electron chi connectivity index (χ4n) is 0.114. The van der Waals surface area contributed by atoms with E-state index in [1.165, 1.54) is 0 Å². The molecule has 0 aromatic carbocycles. The SMILES string of the molecule is CC(C)(Cl)OC=O. The summed E-state index contributed by atoms with van der Waals surface area (Å²) in [6.45, 7) is 3.50. The Hall–Kier alpha value is -0.240. The third-order valence-corrected chi connectivity index (χ3v) is 0.417. The van der Waals surface area contributed by atoms with E-state index in [9.17, 15) is 4.79 Å². The van der Waals surface area contributed by atoms with Gasteiger partial charge in [-0.25, -0.2) is 0 Å². The van der Waals surface area contributed by atoms with Crippen molar-refractivity contribution in [3.8, 4) is 0 Å². The first-order chi connectivity index (χ1) is 3.06. The van der Waals surface area contributed by atoms with Crippen molar-refractivity contribution in [2.24, 2.45) is 0 Å². The van der Waals surface area contributed by atoms with Crippen LogP contribution in [0.2, 0.25) is 0 Å². The number of rotatable bonds is 2. The quantitative estimate of drug-likeness (QED) is 0.406. The van der Waals surface area contributed by atoms with E-state index >= 15 is 0 Å². The lowest BCUT2D eigenvalue weighted by atomic mass is 10.5. The predicted octanol–water partition coefficient (Wildman–Crippen LogP) is 1.13. The molecule has 0 radical (unpaired) electrons. The van der Waals surface area contributed by atoms with Crippen LogP contribution in [0.3, 0.4) is 0 Å². The maximum absolute atomic E-state index is 9.51. The van der Waals surface area contributed by atoms with Gasteiger partial charge in [0, 0.05) is 0 Å². The molecule has 0 saturated heterocycles. The van der Waals surface area contributed by atoms with E-state index in [-0.39, 0.29) is 0 Å². The summed E-state index contributed by atoms with van der Waals surface area (Å²) < 4.78 is 4.31. The van der Waals surface area contributed by atoms with Crippen LogP contribution < -0.4 is 0 Å². The number of alkyl halides is 1. The zero-order chi connectivity index (χ0) is 5.91. The molecule has 0 aliphatic heterocycles. The lowest BCUT2D eigenvalue weighted by Gasteiger charge is -2.11. The average Bonchev–Trinajstić information content (AvgIpc) is 1.30. The Morgan fingerprint density at radius 2 is 2.14 bits per heavy atom. The molecule has 0 saturated carbocycles. The van der Waals surface area contributed by atoms with Crippen LogP contribution in [0.5, 0.6) is 0 Å². The van der Waals surface area contributed by atoms with Gasteiger partial charge in [0.1, 0.15) is 0 Å². The van der Waals surface area contributed by atoms with Crippen LogP contribution in [-0.4, -0.2) is 11.5 Å². The summed E-state index contributed by atoms with van der Waals surface area (Å²) in [5.74, 6) is 0. The van der Waals surface area contributed by atoms with Crippen LogP contribution in [0.4, 0.5) is 0 Å². The van der Waals surface area contributed by atoms with Gasteiger partial charge in [0.05, 0.1) is 0 Å². The highest BCUT2D eigenvalue weighted by molar-refractivity contribution is 6.22. The molecule has 0 N–H and O–H groups in total. The Morgan fingerprint density at radius 3 is 2.14 bits per heavy atom. The highest BCUT2D eigenvalue weighted by Gasteiger charge is 2.11. The van der Waals surface area contributed by atoms with Crippen LogP contribution in [0.15, 0.2) is 0 Å². The lowest BCUT2D eigenvalue weighted by Crippen LogP contribution is -2.13. The Morgan fingerprint density at radius 1 is 1.71 bits per heavy atom. The fraction of sp³-hybridized carbons (Fsp3) is 0.750. The summed E-state index contributed by atoms with van der Waals surface area (Å²) in [5.41, 5.74) is 0. The summed E-state index contributed by atoms with van der Waals surface area (Å²) >= 11 is 5.38. The molecule has 0 fully saturated rings. The maximum atomic E-state index is 9.51. The monoisotopic (exact) mass is 122 g/mol. The van der Waals surface area contributed by atoms with Crippen molar-refractivity contribution in [1.82, 2.24) is 0 Å². The number of halogens is 1. The van der Waals surface area contributed by atoms with Crippen molar-refractivity contribution < 1.29 is 9.53 Å². The highest BCUT2D eigenvalue weighted by Crippen LogP contribution is 2.11. The van der Waals surface area contributed by atoms with Gasteiger partial charge in [-0.1, -0.05) is 11.6 Å². The second-order valence-corrected chi connectivity index (χ2v) is 2.49. The first kappa shape index (κ1) is 6.76. The summed E-state index contributed by atoms with van der Waals surface area (Å²) in [6, 6.07) is 0. The Balaban J connectivity index is 3.34. The first-order valence-electron chi connectivity index (χ1n) is 1.86. The van der Waals surface area contributed by atoms with Crippen molar-refractivity contribution in [2.75, 3.05) is 0 Å². The summed E-state index contributed by atoms with van der Waals surface area (Å²) in [6.07, 6.45) is 0. The molecule has 3 heteroatoms. The average molecular weight is 123 g/mol. The van der Waals surface area contributed by atoms with E-state index < -0.39 is 5.06 Å². The summed E-state index contributed by atoms with van der Waals surface area (Å²) in [7, 11) is 0. The van der Waals surface area contributed by atoms with Gasteiger partial charge in [0.25, 0.3) is 6.47 Å². The van der Waals surface area contributed by atoms with Crippen molar-refractivity contribution in [3.05, 3.63) is 0 Å². The number of hydrogen-bond donors (Lipinski definition) is 0. The minimum Gasteiger partial charge on any atom is -0.446 e. The minimum absolute atomic E-state index is 0.326. The fourth-order valence-corrected chi connectivity index (χ4v) is 0.151. The Kier molecular flexibility index (Phi) is 2.09. The zero-order valence-corrected chi connectivity index (χ0v) is 5.03. The number of carbonyl (C=O) groups excluding carboxylic acids is 1. The third kappa shape index (κ3) is 5.76. The summed E-state index contributed by atoms with van der Waals surface area (Å²) in [4.78, 5) is 9.51. The van der Waals surface area contributed by atoms with E-state index in [1.807, 2.05) is 0 Å². The molecule has 0 aliphatic carbocycles. The van der Waals surface area contributed by atoms with Gasteiger partial charge in [-0.2, -0.15) is 0 Å². The van der Waals surface area contributed by atoms with E-state index in [2.05, 4.69) is 4.74 Å². The second-order valence-electron chi connectivity index (χ2n) is 1.58. The molecule has 0 atom stereocenters. The van der Waals surface area contributed by atoms with Crippen molar-refractivity contribution in [2.45, 2.75) is 18.9 Å². The molecule has 0 heterocycles. The molecule has 0 rings (SSSR count). The Bertz CT molecular complexity index is 64.6. The smallest absolute Gasteiger partial charge is 0.294 e. The molecule has 7 heavy (non-hydrogen) atoms. The molecular weight excluding hydrogens is 115 g/mol. The normalized spacial score (nSPS) is 10.7. The third-order valence-electron chi connectivity index (χ3n) is 0.328. The summed E-state index contributed by atoms with van der Waals surface area (Å²) in [5, 5.41) is -0.845. The van der Waals surface area contributed by atoms with Crippen LogP contribution in [0.1, 0.15) is 13.8 Å². The van der Waals surface area contributed by atoms with E-state index in [4.69, 9.17) is 11.6 Å². The van der Waals surface area contributed by atoms with Gasteiger partial charge < -0.3 is 4.74 Å². The number of hydrogen-bond acceptors (Lipinski definition) is 2. The van der Waals surface area contributed by atoms with Gasteiger partial charge in [-0.3, -0.25) is 4.79 Å². The molecule has 0 spiro atoms. The lowest BCUT2D eigenvalue weighted by molar-refractivity contribution is -0.134.